The number of benzene rings is 2. The number of carbonyl (C=O) groups is 3. The monoisotopic (exact) mass is 533 g/mol. The van der Waals surface area contributed by atoms with E-state index in [4.69, 9.17) is 4.74 Å². The lowest BCUT2D eigenvalue weighted by Gasteiger charge is -2.34. The van der Waals surface area contributed by atoms with Crippen molar-refractivity contribution < 1.29 is 19.1 Å². The van der Waals surface area contributed by atoms with Crippen LogP contribution in [0.5, 0.6) is 5.75 Å². The van der Waals surface area contributed by atoms with Gasteiger partial charge in [0.15, 0.2) is 0 Å². The first-order valence-electron chi connectivity index (χ1n) is 14.1. The maximum atomic E-state index is 13.1. The molecule has 9 heteroatoms. The number of carbonyl (C=O) groups excluding carboxylic acids is 3. The van der Waals surface area contributed by atoms with Crippen LogP contribution < -0.4 is 15.0 Å². The lowest BCUT2D eigenvalue weighted by Crippen LogP contribution is -2.49. The fourth-order valence-corrected chi connectivity index (χ4v) is 5.68. The molecule has 0 bridgehead atoms. The first-order chi connectivity index (χ1) is 18.9. The second-order valence-electron chi connectivity index (χ2n) is 10.8. The minimum atomic E-state index is 0.0245. The van der Waals surface area contributed by atoms with E-state index in [9.17, 15) is 14.4 Å². The number of hydrogen-bond acceptors (Lipinski definition) is 6. The molecule has 0 aliphatic carbocycles. The quantitative estimate of drug-likeness (QED) is 0.505. The molecule has 3 aliphatic heterocycles. The van der Waals surface area contributed by atoms with Gasteiger partial charge in [-0.05, 0) is 55.8 Å². The van der Waals surface area contributed by atoms with Crippen LogP contribution in [0.3, 0.4) is 0 Å². The maximum absolute atomic E-state index is 13.1. The van der Waals surface area contributed by atoms with Crippen LogP contribution in [0, 0.1) is 0 Å². The van der Waals surface area contributed by atoms with Gasteiger partial charge >= 0.3 is 0 Å². The number of likely N-dealkylation sites (N-methyl/N-ethyl adjacent to an activating group) is 1. The third-order valence-electron chi connectivity index (χ3n) is 7.78. The SMILES string of the molecule is CN(Cc1cccc(OCCN2CCN(C(=O)c3cccc(N4CCCC4=O)c3)CC2)c1)C[C@@H]1CCC(=O)N1. The molecule has 2 aromatic carbocycles. The Labute approximate surface area is 230 Å². The van der Waals surface area contributed by atoms with E-state index in [0.29, 0.717) is 38.1 Å². The van der Waals surface area contributed by atoms with Crippen LogP contribution >= 0.6 is 0 Å². The first-order valence-corrected chi connectivity index (χ1v) is 14.1. The minimum absolute atomic E-state index is 0.0245. The van der Waals surface area contributed by atoms with Crippen molar-refractivity contribution in [2.45, 2.75) is 38.3 Å². The molecule has 3 saturated heterocycles. The van der Waals surface area contributed by atoms with E-state index < -0.39 is 0 Å². The van der Waals surface area contributed by atoms with Crippen molar-refractivity contribution in [2.24, 2.45) is 0 Å². The molecule has 9 nitrogen and oxygen atoms in total. The van der Waals surface area contributed by atoms with Crippen LogP contribution in [0.1, 0.15) is 41.6 Å². The summed E-state index contributed by atoms with van der Waals surface area (Å²) in [6.07, 6.45) is 2.98. The lowest BCUT2D eigenvalue weighted by molar-refractivity contribution is -0.119. The van der Waals surface area contributed by atoms with E-state index in [2.05, 4.69) is 34.3 Å². The molecule has 1 N–H and O–H groups in total. The molecule has 3 amide bonds. The molecule has 1 atom stereocenters. The number of ether oxygens (including phenoxy) is 1. The van der Waals surface area contributed by atoms with Crippen molar-refractivity contribution in [1.82, 2.24) is 20.0 Å². The predicted octanol–water partition coefficient (Wildman–Crippen LogP) is 2.36. The number of rotatable bonds is 10. The Morgan fingerprint density at radius 1 is 1.03 bits per heavy atom. The molecule has 0 saturated carbocycles. The Kier molecular flexibility index (Phi) is 8.78. The number of nitrogens with zero attached hydrogens (tertiary/aromatic N) is 4. The molecule has 5 rings (SSSR count). The van der Waals surface area contributed by atoms with Gasteiger partial charge in [0.05, 0.1) is 0 Å². The number of hydrogen-bond donors (Lipinski definition) is 1. The molecule has 0 radical (unpaired) electrons. The van der Waals surface area contributed by atoms with Crippen LogP contribution in [0.25, 0.3) is 0 Å². The highest BCUT2D eigenvalue weighted by molar-refractivity contribution is 5.99. The zero-order chi connectivity index (χ0) is 27.2. The van der Waals surface area contributed by atoms with Crippen molar-refractivity contribution in [2.75, 3.05) is 64.4 Å². The normalized spacial score (nSPS) is 20.1. The average molecular weight is 534 g/mol. The third-order valence-corrected chi connectivity index (χ3v) is 7.78. The Bertz CT molecular complexity index is 1180. The van der Waals surface area contributed by atoms with Crippen LogP contribution in [-0.4, -0.2) is 97.9 Å². The van der Waals surface area contributed by atoms with E-state index >= 15 is 0 Å². The molecule has 208 valence electrons. The summed E-state index contributed by atoms with van der Waals surface area (Å²) in [6.45, 7) is 6.73. The molecule has 0 unspecified atom stereocenters. The van der Waals surface area contributed by atoms with Crippen molar-refractivity contribution in [3.05, 3.63) is 59.7 Å². The minimum Gasteiger partial charge on any atom is -0.492 e. The highest BCUT2D eigenvalue weighted by Crippen LogP contribution is 2.23. The van der Waals surface area contributed by atoms with Crippen molar-refractivity contribution in [3.63, 3.8) is 0 Å². The average Bonchev–Trinajstić information content (AvgIpc) is 3.56. The van der Waals surface area contributed by atoms with E-state index in [-0.39, 0.29) is 23.8 Å². The second-order valence-corrected chi connectivity index (χ2v) is 10.8. The molecule has 3 heterocycles. The summed E-state index contributed by atoms with van der Waals surface area (Å²) in [5.74, 6) is 1.17. The van der Waals surface area contributed by atoms with Gasteiger partial charge in [-0.25, -0.2) is 0 Å². The molecule has 3 aliphatic rings. The Balaban J connectivity index is 1.04. The van der Waals surface area contributed by atoms with Gasteiger partial charge in [0, 0.05) is 82.5 Å². The standard InChI is InChI=1S/C30H39N5O4/c1-32(22-25-10-11-28(36)31-25)21-23-5-2-8-27(19-23)39-18-17-33-13-15-34(16-14-33)30(38)24-6-3-7-26(20-24)35-12-4-9-29(35)37/h2-3,5-8,19-20,25H,4,9-18,21-22H2,1H3,(H,31,36)/t25-/m0/s1. The summed E-state index contributed by atoms with van der Waals surface area (Å²) in [7, 11) is 2.08. The fraction of sp³-hybridized carbons (Fsp3) is 0.500. The highest BCUT2D eigenvalue weighted by Gasteiger charge is 2.25. The molecular weight excluding hydrogens is 494 g/mol. The molecule has 2 aromatic rings. The molecular formula is C30H39N5O4. The summed E-state index contributed by atoms with van der Waals surface area (Å²) in [4.78, 5) is 44.9. The largest absolute Gasteiger partial charge is 0.492 e. The Hall–Kier alpha value is -3.43. The van der Waals surface area contributed by atoms with Crippen molar-refractivity contribution >= 4 is 23.4 Å². The van der Waals surface area contributed by atoms with Crippen molar-refractivity contribution in [1.29, 1.82) is 0 Å². The van der Waals surface area contributed by atoms with Gasteiger partial charge in [-0.15, -0.1) is 0 Å². The zero-order valence-corrected chi connectivity index (χ0v) is 22.8. The van der Waals surface area contributed by atoms with Gasteiger partial charge in [-0.3, -0.25) is 19.3 Å². The highest BCUT2D eigenvalue weighted by atomic mass is 16.5. The fourth-order valence-electron chi connectivity index (χ4n) is 5.68. The topological polar surface area (TPSA) is 85.4 Å². The molecule has 39 heavy (non-hydrogen) atoms. The number of anilines is 1. The Morgan fingerprint density at radius 2 is 1.85 bits per heavy atom. The van der Waals surface area contributed by atoms with E-state index in [1.54, 1.807) is 4.90 Å². The summed E-state index contributed by atoms with van der Waals surface area (Å²) >= 11 is 0. The number of amides is 3. The van der Waals surface area contributed by atoms with Gasteiger partial charge < -0.3 is 24.8 Å². The lowest BCUT2D eigenvalue weighted by atomic mass is 10.1. The van der Waals surface area contributed by atoms with E-state index in [1.807, 2.05) is 41.3 Å². The number of nitrogens with one attached hydrogen (secondary N) is 1. The van der Waals surface area contributed by atoms with Crippen LogP contribution in [0.4, 0.5) is 5.69 Å². The van der Waals surface area contributed by atoms with E-state index in [0.717, 1.165) is 63.5 Å². The van der Waals surface area contributed by atoms with Gasteiger partial charge in [0.2, 0.25) is 11.8 Å². The molecule has 3 fully saturated rings. The smallest absolute Gasteiger partial charge is 0.254 e. The zero-order valence-electron chi connectivity index (χ0n) is 22.8. The summed E-state index contributed by atoms with van der Waals surface area (Å²) in [6, 6.07) is 15.9. The molecule has 0 spiro atoms. The van der Waals surface area contributed by atoms with E-state index in [1.165, 1.54) is 5.56 Å². The van der Waals surface area contributed by atoms with Crippen LogP contribution in [0.15, 0.2) is 48.5 Å². The first kappa shape index (κ1) is 27.1. The summed E-state index contributed by atoms with van der Waals surface area (Å²) in [5, 5.41) is 3.03. The summed E-state index contributed by atoms with van der Waals surface area (Å²) < 4.78 is 6.06. The van der Waals surface area contributed by atoms with Gasteiger partial charge in [-0.1, -0.05) is 18.2 Å². The van der Waals surface area contributed by atoms with Crippen LogP contribution in [0.2, 0.25) is 0 Å². The van der Waals surface area contributed by atoms with Gasteiger partial charge in [0.25, 0.3) is 5.91 Å². The number of piperazine rings is 1. The third kappa shape index (κ3) is 7.16. The Morgan fingerprint density at radius 3 is 2.59 bits per heavy atom. The van der Waals surface area contributed by atoms with Gasteiger partial charge in [-0.2, -0.15) is 0 Å². The van der Waals surface area contributed by atoms with Gasteiger partial charge in [0.1, 0.15) is 12.4 Å². The molecule has 0 aromatic heterocycles. The summed E-state index contributed by atoms with van der Waals surface area (Å²) in [5.41, 5.74) is 2.64. The predicted molar refractivity (Wildman–Crippen MR) is 150 cm³/mol. The van der Waals surface area contributed by atoms with Crippen molar-refractivity contribution in [3.8, 4) is 5.75 Å². The second kappa shape index (κ2) is 12.6. The maximum Gasteiger partial charge on any atom is 0.254 e. The van der Waals surface area contributed by atoms with Crippen LogP contribution in [-0.2, 0) is 16.1 Å².